The first kappa shape index (κ1) is 9.92. The number of para-hydroxylation sites is 1. The highest BCUT2D eigenvalue weighted by Crippen LogP contribution is 2.28. The maximum Gasteiger partial charge on any atom is 0.130 e. The zero-order valence-electron chi connectivity index (χ0n) is 8.00. The molecule has 3 nitrogen and oxygen atoms in total. The highest BCUT2D eigenvalue weighted by molar-refractivity contribution is 14.1. The van der Waals surface area contributed by atoms with Crippen LogP contribution in [0, 0.1) is 3.70 Å². The molecule has 0 saturated carbocycles. The van der Waals surface area contributed by atoms with Crippen molar-refractivity contribution in [1.29, 1.82) is 0 Å². The van der Waals surface area contributed by atoms with E-state index in [0.29, 0.717) is 0 Å². The molecule has 4 heteroatoms. The van der Waals surface area contributed by atoms with Crippen LogP contribution in [-0.4, -0.2) is 15.3 Å². The predicted molar refractivity (Wildman–Crippen MR) is 64.1 cm³/mol. The van der Waals surface area contributed by atoms with Gasteiger partial charge in [0, 0.05) is 10.9 Å². The summed E-state index contributed by atoms with van der Waals surface area (Å²) in [6, 6.07) is 5.85. The molecule has 74 valence electrons. The third kappa shape index (κ3) is 1.52. The van der Waals surface area contributed by atoms with Crippen molar-refractivity contribution in [3.63, 3.8) is 0 Å². The lowest BCUT2D eigenvalue weighted by molar-refractivity contribution is 0.0800. The normalized spacial score (nSPS) is 12.3. The second kappa shape index (κ2) is 3.20. The lowest BCUT2D eigenvalue weighted by atomic mass is 9.96. The van der Waals surface area contributed by atoms with Crippen LogP contribution in [0.15, 0.2) is 18.2 Å². The number of rotatable bonds is 1. The Morgan fingerprint density at radius 1 is 1.43 bits per heavy atom. The number of nitrogens with zero attached hydrogens (tertiary/aromatic N) is 1. The minimum Gasteiger partial charge on any atom is -0.386 e. The molecule has 1 aromatic carbocycles. The Morgan fingerprint density at radius 2 is 2.14 bits per heavy atom. The molecule has 0 unspecified atom stereocenters. The molecule has 2 rings (SSSR count). The van der Waals surface area contributed by atoms with Gasteiger partial charge in [0.1, 0.15) is 3.70 Å². The van der Waals surface area contributed by atoms with Crippen LogP contribution in [0.1, 0.15) is 19.4 Å². The number of benzene rings is 1. The third-order valence-electron chi connectivity index (χ3n) is 2.21. The van der Waals surface area contributed by atoms with E-state index in [9.17, 15) is 5.11 Å². The molecule has 1 aromatic heterocycles. The van der Waals surface area contributed by atoms with Crippen LogP contribution < -0.4 is 0 Å². The monoisotopic (exact) mass is 302 g/mol. The number of halogens is 1. The van der Waals surface area contributed by atoms with Gasteiger partial charge in [-0.2, -0.15) is 5.10 Å². The maximum atomic E-state index is 9.95. The first-order chi connectivity index (χ1) is 6.50. The lowest BCUT2D eigenvalue weighted by Gasteiger charge is -2.18. The largest absolute Gasteiger partial charge is 0.386 e. The summed E-state index contributed by atoms with van der Waals surface area (Å²) < 4.78 is 0.934. The maximum absolute atomic E-state index is 9.95. The van der Waals surface area contributed by atoms with Crippen molar-refractivity contribution in [2.24, 2.45) is 0 Å². The molecule has 1 heterocycles. The van der Waals surface area contributed by atoms with E-state index in [0.717, 1.165) is 20.2 Å². The van der Waals surface area contributed by atoms with Crippen LogP contribution in [0.5, 0.6) is 0 Å². The Labute approximate surface area is 95.7 Å². The number of H-pyrrole nitrogens is 1. The second-order valence-electron chi connectivity index (χ2n) is 3.80. The standard InChI is InChI=1S/C10H11IN2O/c1-10(2,14)7-5-3-4-6-8(7)12-13-9(6)11/h3-5,14H,1-2H3,(H,12,13). The molecular formula is C10H11IN2O. The Bertz CT molecular complexity index is 470. The summed E-state index contributed by atoms with van der Waals surface area (Å²) in [4.78, 5) is 0. The van der Waals surface area contributed by atoms with Crippen molar-refractivity contribution in [2.45, 2.75) is 19.4 Å². The van der Waals surface area contributed by atoms with Crippen LogP contribution >= 0.6 is 22.6 Å². The molecule has 0 spiro atoms. The highest BCUT2D eigenvalue weighted by Gasteiger charge is 2.20. The number of fused-ring (bicyclic) bond motifs is 1. The summed E-state index contributed by atoms with van der Waals surface area (Å²) in [7, 11) is 0. The van der Waals surface area contributed by atoms with Gasteiger partial charge >= 0.3 is 0 Å². The summed E-state index contributed by atoms with van der Waals surface area (Å²) in [5.41, 5.74) is 0.963. The van der Waals surface area contributed by atoms with Gasteiger partial charge in [-0.15, -0.1) is 0 Å². The number of hydrogen-bond acceptors (Lipinski definition) is 2. The molecular weight excluding hydrogens is 291 g/mol. The second-order valence-corrected chi connectivity index (χ2v) is 4.82. The van der Waals surface area contributed by atoms with E-state index >= 15 is 0 Å². The topological polar surface area (TPSA) is 48.9 Å². The van der Waals surface area contributed by atoms with Gasteiger partial charge < -0.3 is 5.11 Å². The van der Waals surface area contributed by atoms with Crippen molar-refractivity contribution >= 4 is 33.5 Å². The van der Waals surface area contributed by atoms with Crippen LogP contribution in [0.3, 0.4) is 0 Å². The molecule has 0 aliphatic carbocycles. The van der Waals surface area contributed by atoms with Gasteiger partial charge in [-0.3, -0.25) is 5.10 Å². The smallest absolute Gasteiger partial charge is 0.130 e. The average molecular weight is 302 g/mol. The fourth-order valence-corrected chi connectivity index (χ4v) is 2.09. The van der Waals surface area contributed by atoms with Gasteiger partial charge in [-0.1, -0.05) is 18.2 Å². The van der Waals surface area contributed by atoms with Gasteiger partial charge in [0.15, 0.2) is 0 Å². The van der Waals surface area contributed by atoms with Gasteiger partial charge in [-0.05, 0) is 36.4 Å². The molecule has 0 aliphatic heterocycles. The zero-order chi connectivity index (χ0) is 10.3. The fourth-order valence-electron chi connectivity index (χ4n) is 1.52. The van der Waals surface area contributed by atoms with Crippen molar-refractivity contribution in [3.05, 3.63) is 27.5 Å². The van der Waals surface area contributed by atoms with E-state index in [2.05, 4.69) is 32.8 Å². The first-order valence-electron chi connectivity index (χ1n) is 4.35. The van der Waals surface area contributed by atoms with E-state index in [-0.39, 0.29) is 0 Å². The minimum absolute atomic E-state index is 0.838. The van der Waals surface area contributed by atoms with Crippen LogP contribution in [0.25, 0.3) is 10.9 Å². The van der Waals surface area contributed by atoms with Gasteiger partial charge in [0.2, 0.25) is 0 Å². The van der Waals surface area contributed by atoms with Gasteiger partial charge in [0.25, 0.3) is 0 Å². The number of aliphatic hydroxyl groups is 1. The number of aromatic nitrogens is 2. The van der Waals surface area contributed by atoms with Gasteiger partial charge in [-0.25, -0.2) is 0 Å². The lowest BCUT2D eigenvalue weighted by Crippen LogP contribution is -2.15. The molecule has 0 radical (unpaired) electrons. The Hall–Kier alpha value is -0.620. The molecule has 0 atom stereocenters. The average Bonchev–Trinajstić information content (AvgIpc) is 2.46. The molecule has 0 amide bonds. The predicted octanol–water partition coefficient (Wildman–Crippen LogP) is 2.39. The van der Waals surface area contributed by atoms with E-state index < -0.39 is 5.60 Å². The zero-order valence-corrected chi connectivity index (χ0v) is 10.2. The number of aromatic amines is 1. The molecule has 0 aliphatic rings. The summed E-state index contributed by atoms with van der Waals surface area (Å²) in [5, 5.41) is 18.1. The SMILES string of the molecule is CC(C)(O)c1cccc2c(I)n[nH]c12. The number of hydrogen-bond donors (Lipinski definition) is 2. The van der Waals surface area contributed by atoms with Crippen LogP contribution in [-0.2, 0) is 5.60 Å². The Balaban J connectivity index is 2.79. The summed E-state index contributed by atoms with van der Waals surface area (Å²) >= 11 is 2.17. The van der Waals surface area contributed by atoms with Crippen molar-refractivity contribution in [2.75, 3.05) is 0 Å². The minimum atomic E-state index is -0.838. The summed E-state index contributed by atoms with van der Waals surface area (Å²) in [6.07, 6.45) is 0. The Morgan fingerprint density at radius 3 is 2.79 bits per heavy atom. The van der Waals surface area contributed by atoms with E-state index in [1.165, 1.54) is 0 Å². The molecule has 0 saturated heterocycles. The first-order valence-corrected chi connectivity index (χ1v) is 5.43. The molecule has 0 fully saturated rings. The molecule has 14 heavy (non-hydrogen) atoms. The molecule has 2 N–H and O–H groups in total. The van der Waals surface area contributed by atoms with Crippen molar-refractivity contribution in [1.82, 2.24) is 10.2 Å². The molecule has 0 bridgehead atoms. The molecule has 2 aromatic rings. The fraction of sp³-hybridized carbons (Fsp3) is 0.300. The number of nitrogens with one attached hydrogen (secondary N) is 1. The highest BCUT2D eigenvalue weighted by atomic mass is 127. The van der Waals surface area contributed by atoms with Crippen LogP contribution in [0.4, 0.5) is 0 Å². The third-order valence-corrected chi connectivity index (χ3v) is 3.03. The quantitative estimate of drug-likeness (QED) is 0.795. The van der Waals surface area contributed by atoms with E-state index in [1.807, 2.05) is 18.2 Å². The van der Waals surface area contributed by atoms with Crippen molar-refractivity contribution < 1.29 is 5.11 Å². The van der Waals surface area contributed by atoms with Crippen molar-refractivity contribution in [3.8, 4) is 0 Å². The Kier molecular flexibility index (Phi) is 2.27. The van der Waals surface area contributed by atoms with E-state index in [4.69, 9.17) is 0 Å². The van der Waals surface area contributed by atoms with E-state index in [1.54, 1.807) is 13.8 Å². The van der Waals surface area contributed by atoms with Crippen LogP contribution in [0.2, 0.25) is 0 Å². The van der Waals surface area contributed by atoms with Gasteiger partial charge in [0.05, 0.1) is 11.1 Å². The summed E-state index contributed by atoms with van der Waals surface area (Å²) in [5.74, 6) is 0. The summed E-state index contributed by atoms with van der Waals surface area (Å²) in [6.45, 7) is 3.55.